The molecule has 1 N–H and O–H groups in total. The first kappa shape index (κ1) is 17.4. The molecule has 1 aromatic heterocycles. The SMILES string of the molecule is CCOC(=O)N1CCN(C(=O)c2cnc(NC3CCCC3)cn2)CC1. The van der Waals surface area contributed by atoms with Crippen LogP contribution >= 0.6 is 0 Å². The summed E-state index contributed by atoms with van der Waals surface area (Å²) in [6.07, 6.45) is 7.65. The summed E-state index contributed by atoms with van der Waals surface area (Å²) in [4.78, 5) is 36.1. The zero-order valence-electron chi connectivity index (χ0n) is 14.6. The smallest absolute Gasteiger partial charge is 0.409 e. The van der Waals surface area contributed by atoms with Crippen LogP contribution in [0.5, 0.6) is 0 Å². The number of hydrogen-bond donors (Lipinski definition) is 1. The average molecular weight is 347 g/mol. The molecular formula is C17H25N5O3. The molecule has 1 aliphatic carbocycles. The first-order valence-corrected chi connectivity index (χ1v) is 8.97. The van der Waals surface area contributed by atoms with Crippen LogP contribution in [0.15, 0.2) is 12.4 Å². The van der Waals surface area contributed by atoms with E-state index in [1.807, 2.05) is 0 Å². The van der Waals surface area contributed by atoms with Crippen molar-refractivity contribution >= 4 is 17.8 Å². The zero-order valence-corrected chi connectivity index (χ0v) is 14.6. The molecule has 1 saturated carbocycles. The number of rotatable bonds is 4. The molecule has 1 saturated heterocycles. The highest BCUT2D eigenvalue weighted by atomic mass is 16.6. The Hall–Kier alpha value is -2.38. The monoisotopic (exact) mass is 347 g/mol. The van der Waals surface area contributed by atoms with Gasteiger partial charge in [0.05, 0.1) is 19.0 Å². The molecule has 2 fully saturated rings. The second kappa shape index (κ2) is 8.13. The molecule has 2 amide bonds. The van der Waals surface area contributed by atoms with E-state index in [4.69, 9.17) is 4.74 Å². The van der Waals surface area contributed by atoms with Crippen LogP contribution in [0.4, 0.5) is 10.6 Å². The molecule has 8 nitrogen and oxygen atoms in total. The van der Waals surface area contributed by atoms with Gasteiger partial charge in [-0.15, -0.1) is 0 Å². The second-order valence-corrected chi connectivity index (χ2v) is 6.39. The van der Waals surface area contributed by atoms with E-state index in [-0.39, 0.29) is 12.0 Å². The highest BCUT2D eigenvalue weighted by molar-refractivity contribution is 5.92. The number of carbonyl (C=O) groups is 2. The number of ether oxygens (including phenoxy) is 1. The average Bonchev–Trinajstić information content (AvgIpc) is 3.15. The summed E-state index contributed by atoms with van der Waals surface area (Å²) in [7, 11) is 0. The van der Waals surface area contributed by atoms with Gasteiger partial charge in [-0.05, 0) is 19.8 Å². The molecule has 8 heteroatoms. The van der Waals surface area contributed by atoms with Crippen LogP contribution in [0.3, 0.4) is 0 Å². The van der Waals surface area contributed by atoms with Crippen molar-refractivity contribution in [2.24, 2.45) is 0 Å². The molecule has 2 aliphatic rings. The lowest BCUT2D eigenvalue weighted by atomic mass is 10.2. The maximum atomic E-state index is 12.5. The molecule has 2 heterocycles. The maximum absolute atomic E-state index is 12.5. The molecule has 0 spiro atoms. The number of aromatic nitrogens is 2. The summed E-state index contributed by atoms with van der Waals surface area (Å²) < 4.78 is 4.98. The van der Waals surface area contributed by atoms with E-state index < -0.39 is 0 Å². The maximum Gasteiger partial charge on any atom is 0.409 e. The zero-order chi connectivity index (χ0) is 17.6. The van der Waals surface area contributed by atoms with E-state index in [1.165, 1.54) is 19.0 Å². The number of carbonyl (C=O) groups excluding carboxylic acids is 2. The van der Waals surface area contributed by atoms with Crippen LogP contribution in [0.2, 0.25) is 0 Å². The van der Waals surface area contributed by atoms with Gasteiger partial charge in [-0.25, -0.2) is 14.8 Å². The highest BCUT2D eigenvalue weighted by Gasteiger charge is 2.26. The first-order valence-electron chi connectivity index (χ1n) is 8.97. The van der Waals surface area contributed by atoms with Crippen molar-refractivity contribution in [1.82, 2.24) is 19.8 Å². The van der Waals surface area contributed by atoms with Crippen molar-refractivity contribution in [3.05, 3.63) is 18.1 Å². The van der Waals surface area contributed by atoms with E-state index >= 15 is 0 Å². The van der Waals surface area contributed by atoms with E-state index in [0.717, 1.165) is 18.7 Å². The highest BCUT2D eigenvalue weighted by Crippen LogP contribution is 2.21. The van der Waals surface area contributed by atoms with Crippen LogP contribution < -0.4 is 5.32 Å². The molecule has 1 aliphatic heterocycles. The lowest BCUT2D eigenvalue weighted by Gasteiger charge is -2.33. The normalized spacial score (nSPS) is 18.3. The minimum absolute atomic E-state index is 0.150. The summed E-state index contributed by atoms with van der Waals surface area (Å²) in [6, 6.07) is 0.465. The Morgan fingerprint density at radius 1 is 1.12 bits per heavy atom. The number of nitrogens with one attached hydrogen (secondary N) is 1. The summed E-state index contributed by atoms with van der Waals surface area (Å²) in [5.74, 6) is 0.569. The number of amides is 2. The summed E-state index contributed by atoms with van der Waals surface area (Å²) in [5, 5.41) is 3.36. The fraction of sp³-hybridized carbons (Fsp3) is 0.647. The Bertz CT molecular complexity index is 593. The molecule has 0 aromatic carbocycles. The Labute approximate surface area is 147 Å². The quantitative estimate of drug-likeness (QED) is 0.893. The largest absolute Gasteiger partial charge is 0.450 e. The third kappa shape index (κ3) is 4.37. The van der Waals surface area contributed by atoms with Gasteiger partial charge in [0.25, 0.3) is 5.91 Å². The van der Waals surface area contributed by atoms with Crippen LogP contribution in [-0.2, 0) is 4.74 Å². The van der Waals surface area contributed by atoms with Gasteiger partial charge in [-0.3, -0.25) is 4.79 Å². The molecular weight excluding hydrogens is 322 g/mol. The standard InChI is InChI=1S/C17H25N5O3/c1-2-25-17(24)22-9-7-21(8-10-22)16(23)14-11-19-15(12-18-14)20-13-5-3-4-6-13/h11-13H,2-10H2,1H3,(H,19,20). The van der Waals surface area contributed by atoms with Gasteiger partial charge < -0.3 is 19.9 Å². The van der Waals surface area contributed by atoms with Crippen molar-refractivity contribution in [2.45, 2.75) is 38.6 Å². The van der Waals surface area contributed by atoms with Crippen molar-refractivity contribution in [3.63, 3.8) is 0 Å². The summed E-state index contributed by atoms with van der Waals surface area (Å²) in [5.41, 5.74) is 0.335. The lowest BCUT2D eigenvalue weighted by Crippen LogP contribution is -2.50. The molecule has 0 radical (unpaired) electrons. The van der Waals surface area contributed by atoms with Crippen molar-refractivity contribution in [1.29, 1.82) is 0 Å². The van der Waals surface area contributed by atoms with Crippen molar-refractivity contribution < 1.29 is 14.3 Å². The van der Waals surface area contributed by atoms with Crippen LogP contribution in [-0.4, -0.2) is 70.6 Å². The molecule has 0 unspecified atom stereocenters. The fourth-order valence-corrected chi connectivity index (χ4v) is 3.26. The van der Waals surface area contributed by atoms with E-state index in [1.54, 1.807) is 22.9 Å². The van der Waals surface area contributed by atoms with Gasteiger partial charge >= 0.3 is 6.09 Å². The number of nitrogens with zero attached hydrogens (tertiary/aromatic N) is 4. The topological polar surface area (TPSA) is 87.7 Å². The summed E-state index contributed by atoms with van der Waals surface area (Å²) >= 11 is 0. The molecule has 0 bridgehead atoms. The first-order chi connectivity index (χ1) is 12.2. The Morgan fingerprint density at radius 2 is 1.80 bits per heavy atom. The lowest BCUT2D eigenvalue weighted by molar-refractivity contribution is 0.0565. The fourth-order valence-electron chi connectivity index (χ4n) is 3.26. The van der Waals surface area contributed by atoms with Gasteiger partial charge in [0.15, 0.2) is 0 Å². The number of anilines is 1. The predicted octanol–water partition coefficient (Wildman–Crippen LogP) is 1.75. The third-order valence-corrected chi connectivity index (χ3v) is 4.67. The Morgan fingerprint density at radius 3 is 2.40 bits per heavy atom. The van der Waals surface area contributed by atoms with Crippen LogP contribution in [0.1, 0.15) is 43.1 Å². The molecule has 1 aromatic rings. The van der Waals surface area contributed by atoms with Crippen LogP contribution in [0.25, 0.3) is 0 Å². The second-order valence-electron chi connectivity index (χ2n) is 6.39. The van der Waals surface area contributed by atoms with E-state index in [2.05, 4.69) is 15.3 Å². The van der Waals surface area contributed by atoms with Gasteiger partial charge in [0.2, 0.25) is 0 Å². The molecule has 0 atom stereocenters. The van der Waals surface area contributed by atoms with Crippen molar-refractivity contribution in [3.8, 4) is 0 Å². The third-order valence-electron chi connectivity index (χ3n) is 4.67. The summed E-state index contributed by atoms with van der Waals surface area (Å²) in [6.45, 7) is 4.03. The van der Waals surface area contributed by atoms with Gasteiger partial charge in [0, 0.05) is 32.2 Å². The minimum Gasteiger partial charge on any atom is -0.450 e. The minimum atomic E-state index is -0.322. The van der Waals surface area contributed by atoms with Crippen molar-refractivity contribution in [2.75, 3.05) is 38.1 Å². The van der Waals surface area contributed by atoms with Crippen LogP contribution in [0, 0.1) is 0 Å². The molecule has 25 heavy (non-hydrogen) atoms. The van der Waals surface area contributed by atoms with Gasteiger partial charge in [-0.1, -0.05) is 12.8 Å². The Balaban J connectivity index is 1.52. The Kier molecular flexibility index (Phi) is 5.67. The predicted molar refractivity (Wildman–Crippen MR) is 92.4 cm³/mol. The number of piperazine rings is 1. The van der Waals surface area contributed by atoms with Gasteiger partial charge in [0.1, 0.15) is 11.5 Å². The number of hydrogen-bond acceptors (Lipinski definition) is 6. The molecule has 136 valence electrons. The van der Waals surface area contributed by atoms with E-state index in [9.17, 15) is 9.59 Å². The van der Waals surface area contributed by atoms with Gasteiger partial charge in [-0.2, -0.15) is 0 Å². The van der Waals surface area contributed by atoms with E-state index in [0.29, 0.717) is 44.5 Å². The molecule has 3 rings (SSSR count).